The Morgan fingerprint density at radius 3 is 2.84 bits per heavy atom. The first-order chi connectivity index (χ1) is 9.26. The van der Waals surface area contributed by atoms with E-state index in [2.05, 4.69) is 10.4 Å². The molecule has 1 heterocycles. The van der Waals surface area contributed by atoms with E-state index in [0.29, 0.717) is 6.61 Å². The molecule has 1 atom stereocenters. The minimum atomic E-state index is -0.137. The van der Waals surface area contributed by atoms with Gasteiger partial charge in [0.25, 0.3) is 0 Å². The summed E-state index contributed by atoms with van der Waals surface area (Å²) in [6.07, 6.45) is 1.78. The molecule has 1 aromatic heterocycles. The first-order valence-electron chi connectivity index (χ1n) is 6.36. The molecule has 0 fully saturated rings. The van der Waals surface area contributed by atoms with Crippen LogP contribution in [0.4, 0.5) is 0 Å². The number of aryl methyl sites for hydroxylation is 1. The van der Waals surface area contributed by atoms with Crippen LogP contribution in [-0.2, 0) is 0 Å². The third-order valence-corrected chi connectivity index (χ3v) is 2.99. The number of ether oxygens (including phenoxy) is 1. The summed E-state index contributed by atoms with van der Waals surface area (Å²) >= 11 is 0. The predicted molar refractivity (Wildman–Crippen MR) is 75.8 cm³/mol. The van der Waals surface area contributed by atoms with E-state index in [4.69, 9.17) is 10.6 Å². The Bertz CT molecular complexity index is 542. The summed E-state index contributed by atoms with van der Waals surface area (Å²) < 4.78 is 5.52. The third kappa shape index (κ3) is 3.10. The minimum Gasteiger partial charge on any atom is -0.494 e. The summed E-state index contributed by atoms with van der Waals surface area (Å²) in [6, 6.07) is 11.7. The maximum Gasteiger partial charge on any atom is 0.119 e. The molecule has 0 aliphatic heterocycles. The van der Waals surface area contributed by atoms with Crippen molar-refractivity contribution in [2.45, 2.75) is 19.9 Å². The summed E-state index contributed by atoms with van der Waals surface area (Å²) in [5, 5.41) is 0. The van der Waals surface area contributed by atoms with E-state index in [9.17, 15) is 0 Å². The highest BCUT2D eigenvalue weighted by Crippen LogP contribution is 2.25. The van der Waals surface area contributed by atoms with E-state index >= 15 is 0 Å². The van der Waals surface area contributed by atoms with Gasteiger partial charge in [-0.05, 0) is 43.2 Å². The van der Waals surface area contributed by atoms with Gasteiger partial charge < -0.3 is 4.74 Å². The highest BCUT2D eigenvalue weighted by atomic mass is 16.5. The fraction of sp³-hybridized carbons (Fsp3) is 0.267. The van der Waals surface area contributed by atoms with Crippen molar-refractivity contribution in [1.29, 1.82) is 0 Å². The fourth-order valence-electron chi connectivity index (χ4n) is 2.08. The maximum atomic E-state index is 5.70. The van der Waals surface area contributed by atoms with E-state index in [1.807, 2.05) is 50.2 Å². The molecular weight excluding hydrogens is 238 g/mol. The Labute approximate surface area is 113 Å². The number of nitrogens with zero attached hydrogens (tertiary/aromatic N) is 1. The van der Waals surface area contributed by atoms with E-state index in [0.717, 1.165) is 22.6 Å². The van der Waals surface area contributed by atoms with Crippen LogP contribution in [0.25, 0.3) is 0 Å². The Balaban J connectivity index is 2.37. The number of aromatic nitrogens is 1. The molecule has 1 aromatic carbocycles. The summed E-state index contributed by atoms with van der Waals surface area (Å²) in [6.45, 7) is 4.64. The molecule has 0 aliphatic carbocycles. The maximum absolute atomic E-state index is 5.70. The van der Waals surface area contributed by atoms with Gasteiger partial charge in [-0.25, -0.2) is 5.43 Å². The van der Waals surface area contributed by atoms with Crippen molar-refractivity contribution in [1.82, 2.24) is 10.4 Å². The summed E-state index contributed by atoms with van der Waals surface area (Å²) in [5.41, 5.74) is 5.90. The zero-order valence-corrected chi connectivity index (χ0v) is 11.3. The summed E-state index contributed by atoms with van der Waals surface area (Å²) in [7, 11) is 0. The van der Waals surface area contributed by atoms with E-state index in [-0.39, 0.29) is 6.04 Å². The molecule has 1 unspecified atom stereocenters. The number of nitrogens with two attached hydrogens (primary N) is 1. The van der Waals surface area contributed by atoms with Crippen molar-refractivity contribution in [3.05, 3.63) is 59.4 Å². The highest BCUT2D eigenvalue weighted by Gasteiger charge is 2.16. The fourth-order valence-corrected chi connectivity index (χ4v) is 2.08. The lowest BCUT2D eigenvalue weighted by atomic mass is 10.0. The van der Waals surface area contributed by atoms with Crippen LogP contribution in [0.1, 0.15) is 29.8 Å². The zero-order chi connectivity index (χ0) is 13.7. The van der Waals surface area contributed by atoms with Crippen molar-refractivity contribution in [3.63, 3.8) is 0 Å². The van der Waals surface area contributed by atoms with E-state index in [1.54, 1.807) is 6.20 Å². The second-order valence-corrected chi connectivity index (χ2v) is 4.31. The second-order valence-electron chi connectivity index (χ2n) is 4.31. The normalized spacial score (nSPS) is 12.2. The molecule has 2 aromatic rings. The first-order valence-corrected chi connectivity index (χ1v) is 6.36. The first kappa shape index (κ1) is 13.5. The molecule has 0 aliphatic rings. The molecule has 0 spiro atoms. The van der Waals surface area contributed by atoms with Gasteiger partial charge in [0.05, 0.1) is 18.3 Å². The summed E-state index contributed by atoms with van der Waals surface area (Å²) in [4.78, 5) is 4.42. The number of nitrogens with one attached hydrogen (secondary N) is 1. The molecular formula is C15H19N3O. The molecule has 0 amide bonds. The van der Waals surface area contributed by atoms with Crippen LogP contribution in [0.15, 0.2) is 42.6 Å². The molecule has 3 N–H and O–H groups in total. The lowest BCUT2D eigenvalue weighted by Crippen LogP contribution is -2.30. The molecule has 4 heteroatoms. The van der Waals surface area contributed by atoms with Crippen LogP contribution >= 0.6 is 0 Å². The quantitative estimate of drug-likeness (QED) is 0.637. The van der Waals surface area contributed by atoms with Crippen LogP contribution in [0.2, 0.25) is 0 Å². The van der Waals surface area contributed by atoms with Crippen molar-refractivity contribution in [2.75, 3.05) is 6.61 Å². The molecule has 2 rings (SSSR count). The summed E-state index contributed by atoms with van der Waals surface area (Å²) in [5.74, 6) is 6.54. The van der Waals surface area contributed by atoms with Gasteiger partial charge in [-0.3, -0.25) is 10.8 Å². The van der Waals surface area contributed by atoms with E-state index in [1.165, 1.54) is 0 Å². The largest absolute Gasteiger partial charge is 0.494 e. The number of hydrogen-bond donors (Lipinski definition) is 2. The number of hydrazine groups is 1. The van der Waals surface area contributed by atoms with Crippen molar-refractivity contribution in [3.8, 4) is 5.75 Å². The van der Waals surface area contributed by atoms with Crippen LogP contribution < -0.4 is 16.0 Å². The van der Waals surface area contributed by atoms with Crippen LogP contribution in [-0.4, -0.2) is 11.6 Å². The number of hydrogen-bond acceptors (Lipinski definition) is 4. The average Bonchev–Trinajstić information content (AvgIpc) is 2.43. The highest BCUT2D eigenvalue weighted by molar-refractivity contribution is 5.36. The molecule has 19 heavy (non-hydrogen) atoms. The Hall–Kier alpha value is -1.91. The van der Waals surface area contributed by atoms with Gasteiger partial charge in [-0.15, -0.1) is 0 Å². The average molecular weight is 257 g/mol. The standard InChI is InChI=1S/C15H19N3O/c1-3-19-13-8-4-7-12(10-13)15(18-16)14-11(2)6-5-9-17-14/h4-10,15,18H,3,16H2,1-2H3. The van der Waals surface area contributed by atoms with Crippen LogP contribution in [0.5, 0.6) is 5.75 Å². The minimum absolute atomic E-state index is 0.137. The number of pyridine rings is 1. The smallest absolute Gasteiger partial charge is 0.119 e. The second kappa shape index (κ2) is 6.31. The lowest BCUT2D eigenvalue weighted by Gasteiger charge is -2.18. The zero-order valence-electron chi connectivity index (χ0n) is 11.3. The van der Waals surface area contributed by atoms with Gasteiger partial charge in [-0.2, -0.15) is 0 Å². The van der Waals surface area contributed by atoms with Gasteiger partial charge in [0.2, 0.25) is 0 Å². The molecule has 0 saturated carbocycles. The topological polar surface area (TPSA) is 60.2 Å². The number of benzene rings is 1. The molecule has 0 radical (unpaired) electrons. The Morgan fingerprint density at radius 2 is 2.16 bits per heavy atom. The molecule has 100 valence electrons. The van der Waals surface area contributed by atoms with Gasteiger partial charge in [0, 0.05) is 6.20 Å². The molecule has 4 nitrogen and oxygen atoms in total. The SMILES string of the molecule is CCOc1cccc(C(NN)c2ncccc2C)c1. The van der Waals surface area contributed by atoms with Gasteiger partial charge in [-0.1, -0.05) is 18.2 Å². The Kier molecular flexibility index (Phi) is 4.49. The van der Waals surface area contributed by atoms with Gasteiger partial charge in [0.1, 0.15) is 5.75 Å². The Morgan fingerprint density at radius 1 is 1.32 bits per heavy atom. The number of rotatable bonds is 5. The van der Waals surface area contributed by atoms with Crippen LogP contribution in [0, 0.1) is 6.92 Å². The van der Waals surface area contributed by atoms with E-state index < -0.39 is 0 Å². The van der Waals surface area contributed by atoms with Gasteiger partial charge >= 0.3 is 0 Å². The molecule has 0 saturated heterocycles. The third-order valence-electron chi connectivity index (χ3n) is 2.99. The molecule has 0 bridgehead atoms. The predicted octanol–water partition coefficient (Wildman–Crippen LogP) is 2.34. The van der Waals surface area contributed by atoms with Gasteiger partial charge in [0.15, 0.2) is 0 Å². The monoisotopic (exact) mass is 257 g/mol. The van der Waals surface area contributed by atoms with Crippen LogP contribution in [0.3, 0.4) is 0 Å². The lowest BCUT2D eigenvalue weighted by molar-refractivity contribution is 0.339. The van der Waals surface area contributed by atoms with Crippen molar-refractivity contribution in [2.24, 2.45) is 5.84 Å². The van der Waals surface area contributed by atoms with Crippen molar-refractivity contribution >= 4 is 0 Å². The van der Waals surface area contributed by atoms with Crippen molar-refractivity contribution < 1.29 is 4.74 Å².